The molecule has 1 saturated heterocycles. The summed E-state index contributed by atoms with van der Waals surface area (Å²) in [6.07, 6.45) is 0.609. The number of rotatable bonds is 2. The summed E-state index contributed by atoms with van der Waals surface area (Å²) in [4.78, 5) is 25.1. The van der Waals surface area contributed by atoms with Crippen LogP contribution in [0.4, 0.5) is 4.79 Å². The van der Waals surface area contributed by atoms with Gasteiger partial charge in [-0.2, -0.15) is 0 Å². The number of ether oxygens (including phenoxy) is 1. The summed E-state index contributed by atoms with van der Waals surface area (Å²) < 4.78 is 5.32. The van der Waals surface area contributed by atoms with Gasteiger partial charge < -0.3 is 9.84 Å². The minimum absolute atomic E-state index is 0.154. The van der Waals surface area contributed by atoms with Crippen LogP contribution < -0.4 is 0 Å². The molecule has 1 heterocycles. The van der Waals surface area contributed by atoms with Gasteiger partial charge in [-0.05, 0) is 45.1 Å². The Morgan fingerprint density at radius 3 is 2.41 bits per heavy atom. The van der Waals surface area contributed by atoms with E-state index in [-0.39, 0.29) is 5.92 Å². The molecule has 1 aromatic carbocycles. The van der Waals surface area contributed by atoms with Crippen LogP contribution in [0.5, 0.6) is 0 Å². The fourth-order valence-electron chi connectivity index (χ4n) is 2.77. The normalized spacial score (nSPS) is 22.2. The summed E-state index contributed by atoms with van der Waals surface area (Å²) in [6.45, 7) is 5.72. The number of carboxylic acid groups (broad SMARTS) is 1. The minimum atomic E-state index is -0.980. The Morgan fingerprint density at radius 1 is 1.23 bits per heavy atom. The molecule has 22 heavy (non-hydrogen) atoms. The van der Waals surface area contributed by atoms with Gasteiger partial charge in [0.15, 0.2) is 0 Å². The summed E-state index contributed by atoms with van der Waals surface area (Å²) in [5.74, 6) is -0.826. The average molecular weight is 305 g/mol. The first-order valence-electron chi connectivity index (χ1n) is 7.55. The highest BCUT2D eigenvalue weighted by molar-refractivity contribution is 5.80. The van der Waals surface area contributed by atoms with Crippen LogP contribution in [-0.4, -0.2) is 40.3 Å². The second-order valence-corrected chi connectivity index (χ2v) is 6.66. The molecule has 1 unspecified atom stereocenters. The topological polar surface area (TPSA) is 66.8 Å². The molecule has 0 spiro atoms. The molecular weight excluding hydrogens is 282 g/mol. The lowest BCUT2D eigenvalue weighted by atomic mass is 9.85. The van der Waals surface area contributed by atoms with Crippen molar-refractivity contribution in [1.29, 1.82) is 0 Å². The van der Waals surface area contributed by atoms with Gasteiger partial charge in [-0.25, -0.2) is 9.59 Å². The summed E-state index contributed by atoms with van der Waals surface area (Å²) in [5.41, 5.74) is 0.494. The van der Waals surface area contributed by atoms with Gasteiger partial charge in [0, 0.05) is 6.54 Å². The molecule has 5 nitrogen and oxygen atoms in total. The molecule has 120 valence electrons. The largest absolute Gasteiger partial charge is 0.480 e. The van der Waals surface area contributed by atoms with E-state index in [1.54, 1.807) is 20.8 Å². The summed E-state index contributed by atoms with van der Waals surface area (Å²) in [5, 5.41) is 9.47. The van der Waals surface area contributed by atoms with Crippen LogP contribution >= 0.6 is 0 Å². The number of amides is 1. The maximum absolute atomic E-state index is 12.2. The standard InChI is InChI=1S/C17H23NO4/c1-17(2,3)22-16(21)18-10-9-13(11-14(18)15(19)20)12-7-5-4-6-8-12/h4-8,13-14H,9-11H2,1-3H3,(H,19,20)/t13?,14-/m1/s1. The molecule has 2 atom stereocenters. The maximum atomic E-state index is 12.2. The van der Waals surface area contributed by atoms with Gasteiger partial charge in [-0.1, -0.05) is 30.3 Å². The second-order valence-electron chi connectivity index (χ2n) is 6.66. The number of benzene rings is 1. The van der Waals surface area contributed by atoms with Gasteiger partial charge in [-0.3, -0.25) is 4.90 Å². The molecule has 0 aliphatic carbocycles. The lowest BCUT2D eigenvalue weighted by Crippen LogP contribution is -2.51. The van der Waals surface area contributed by atoms with E-state index in [9.17, 15) is 14.7 Å². The molecule has 1 aromatic rings. The van der Waals surface area contributed by atoms with Crippen molar-refractivity contribution in [3.05, 3.63) is 35.9 Å². The highest BCUT2D eigenvalue weighted by Crippen LogP contribution is 2.32. The molecule has 2 rings (SSSR count). The highest BCUT2D eigenvalue weighted by atomic mass is 16.6. The third-order valence-electron chi connectivity index (χ3n) is 3.79. The predicted octanol–water partition coefficient (Wildman–Crippen LogP) is 3.25. The predicted molar refractivity (Wildman–Crippen MR) is 82.8 cm³/mol. The Hall–Kier alpha value is -2.04. The monoisotopic (exact) mass is 305 g/mol. The number of hydrogen-bond acceptors (Lipinski definition) is 3. The van der Waals surface area contributed by atoms with Crippen molar-refractivity contribution in [2.75, 3.05) is 6.54 Å². The summed E-state index contributed by atoms with van der Waals surface area (Å²) in [7, 11) is 0. The van der Waals surface area contributed by atoms with E-state index in [1.165, 1.54) is 4.90 Å². The van der Waals surface area contributed by atoms with Crippen molar-refractivity contribution in [2.45, 2.75) is 51.2 Å². The Labute approximate surface area is 130 Å². The van der Waals surface area contributed by atoms with Crippen LogP contribution in [0.25, 0.3) is 0 Å². The number of piperidine rings is 1. The van der Waals surface area contributed by atoms with Crippen LogP contribution in [-0.2, 0) is 9.53 Å². The average Bonchev–Trinajstić information content (AvgIpc) is 2.45. The van der Waals surface area contributed by atoms with Gasteiger partial charge in [-0.15, -0.1) is 0 Å². The number of carboxylic acids is 1. The number of hydrogen-bond donors (Lipinski definition) is 1. The molecule has 0 radical (unpaired) electrons. The number of carbonyl (C=O) groups excluding carboxylic acids is 1. The number of nitrogens with zero attached hydrogens (tertiary/aromatic N) is 1. The third kappa shape index (κ3) is 4.00. The van der Waals surface area contributed by atoms with Gasteiger partial charge in [0.05, 0.1) is 0 Å². The Kier molecular flexibility index (Phi) is 4.74. The van der Waals surface area contributed by atoms with Crippen LogP contribution in [0.1, 0.15) is 45.1 Å². The smallest absolute Gasteiger partial charge is 0.411 e. The van der Waals surface area contributed by atoms with E-state index in [1.807, 2.05) is 30.3 Å². The lowest BCUT2D eigenvalue weighted by molar-refractivity contribution is -0.144. The number of carbonyl (C=O) groups is 2. The van der Waals surface area contributed by atoms with Crippen molar-refractivity contribution in [3.63, 3.8) is 0 Å². The first kappa shape index (κ1) is 16.3. The second kappa shape index (κ2) is 6.38. The van der Waals surface area contributed by atoms with E-state index in [2.05, 4.69) is 0 Å². The molecule has 5 heteroatoms. The van der Waals surface area contributed by atoms with E-state index >= 15 is 0 Å². The van der Waals surface area contributed by atoms with Crippen LogP contribution in [0, 0.1) is 0 Å². The zero-order valence-electron chi connectivity index (χ0n) is 13.3. The maximum Gasteiger partial charge on any atom is 0.411 e. The number of aliphatic carboxylic acids is 1. The summed E-state index contributed by atoms with van der Waals surface area (Å²) >= 11 is 0. The molecule has 1 aliphatic rings. The third-order valence-corrected chi connectivity index (χ3v) is 3.79. The molecular formula is C17H23NO4. The van der Waals surface area contributed by atoms with Crippen molar-refractivity contribution in [2.24, 2.45) is 0 Å². The SMILES string of the molecule is CC(C)(C)OC(=O)N1CCC(c2ccccc2)C[C@@H]1C(=O)O. The van der Waals surface area contributed by atoms with Crippen LogP contribution in [0.3, 0.4) is 0 Å². The van der Waals surface area contributed by atoms with Gasteiger partial charge in [0.25, 0.3) is 0 Å². The van der Waals surface area contributed by atoms with Crippen molar-refractivity contribution in [3.8, 4) is 0 Å². The Balaban J connectivity index is 2.12. The molecule has 1 aliphatic heterocycles. The lowest BCUT2D eigenvalue weighted by Gasteiger charge is -2.38. The van der Waals surface area contributed by atoms with Crippen molar-refractivity contribution >= 4 is 12.1 Å². The Morgan fingerprint density at radius 2 is 1.86 bits per heavy atom. The summed E-state index contributed by atoms with van der Waals surface area (Å²) in [6, 6.07) is 9.01. The van der Waals surface area contributed by atoms with E-state index < -0.39 is 23.7 Å². The Bertz CT molecular complexity index is 535. The molecule has 1 N–H and O–H groups in total. The zero-order chi connectivity index (χ0) is 16.3. The van der Waals surface area contributed by atoms with Gasteiger partial charge in [0.1, 0.15) is 11.6 Å². The molecule has 0 aromatic heterocycles. The fourth-order valence-corrected chi connectivity index (χ4v) is 2.77. The van der Waals surface area contributed by atoms with E-state index in [4.69, 9.17) is 4.74 Å². The highest BCUT2D eigenvalue weighted by Gasteiger charge is 2.38. The first-order valence-corrected chi connectivity index (χ1v) is 7.55. The molecule has 1 amide bonds. The first-order chi connectivity index (χ1) is 10.3. The zero-order valence-corrected chi connectivity index (χ0v) is 13.3. The number of likely N-dealkylation sites (tertiary alicyclic amines) is 1. The van der Waals surface area contributed by atoms with Crippen molar-refractivity contribution in [1.82, 2.24) is 4.90 Å². The quantitative estimate of drug-likeness (QED) is 0.910. The van der Waals surface area contributed by atoms with E-state index in [0.717, 1.165) is 12.0 Å². The molecule has 0 bridgehead atoms. The van der Waals surface area contributed by atoms with Crippen molar-refractivity contribution < 1.29 is 19.4 Å². The molecule has 1 fully saturated rings. The van der Waals surface area contributed by atoms with E-state index in [0.29, 0.717) is 13.0 Å². The van der Waals surface area contributed by atoms with Crippen LogP contribution in [0.15, 0.2) is 30.3 Å². The molecule has 0 saturated carbocycles. The van der Waals surface area contributed by atoms with Gasteiger partial charge in [0.2, 0.25) is 0 Å². The van der Waals surface area contributed by atoms with Gasteiger partial charge >= 0.3 is 12.1 Å². The van der Waals surface area contributed by atoms with Crippen LogP contribution in [0.2, 0.25) is 0 Å². The fraction of sp³-hybridized carbons (Fsp3) is 0.529. The minimum Gasteiger partial charge on any atom is -0.480 e.